The van der Waals surface area contributed by atoms with Crippen molar-refractivity contribution in [3.05, 3.63) is 85.2 Å². The molecule has 0 amide bonds. The zero-order valence-corrected chi connectivity index (χ0v) is 16.4. The maximum Gasteiger partial charge on any atom is 0.159 e. The summed E-state index contributed by atoms with van der Waals surface area (Å²) in [6, 6.07) is 24.7. The lowest BCUT2D eigenvalue weighted by molar-refractivity contribution is 0.417. The number of hydrogen-bond acceptors (Lipinski definition) is 7. The monoisotopic (exact) mass is 399 g/mol. The van der Waals surface area contributed by atoms with Crippen LogP contribution in [0.3, 0.4) is 0 Å². The van der Waals surface area contributed by atoms with Gasteiger partial charge in [0, 0.05) is 5.69 Å². The van der Waals surface area contributed by atoms with E-state index in [1.165, 1.54) is 6.33 Å². The van der Waals surface area contributed by atoms with Gasteiger partial charge >= 0.3 is 0 Å². The Morgan fingerprint density at radius 2 is 1.37 bits per heavy atom. The van der Waals surface area contributed by atoms with Crippen LogP contribution < -0.4 is 25.8 Å². The summed E-state index contributed by atoms with van der Waals surface area (Å²) >= 11 is 0. The number of benzene rings is 3. The minimum absolute atomic E-state index is 0.396. The molecule has 0 aliphatic heterocycles. The van der Waals surface area contributed by atoms with E-state index in [0.29, 0.717) is 23.1 Å². The van der Waals surface area contributed by atoms with Gasteiger partial charge in [-0.3, -0.25) is 0 Å². The van der Waals surface area contributed by atoms with E-state index in [-0.39, 0.29) is 0 Å². The van der Waals surface area contributed by atoms with Gasteiger partial charge in [0.25, 0.3) is 0 Å². The number of aromatic nitrogens is 2. The van der Waals surface area contributed by atoms with Crippen LogP contribution in [0.25, 0.3) is 0 Å². The predicted molar refractivity (Wildman–Crippen MR) is 119 cm³/mol. The standard InChI is InChI=1S/C23H21N5O2/c1-29-20-10-6-5-9-19(20)28-23-21(24)22(25-15-26-23)27-16-11-13-18(14-12-16)30-17-7-3-2-4-8-17/h2-15H,24H2,1H3,(H2,25,26,27,28). The fourth-order valence-corrected chi connectivity index (χ4v) is 2.84. The molecule has 150 valence electrons. The van der Waals surface area contributed by atoms with Gasteiger partial charge in [-0.05, 0) is 48.5 Å². The molecule has 0 bridgehead atoms. The molecule has 0 spiro atoms. The number of hydrogen-bond donors (Lipinski definition) is 3. The Morgan fingerprint density at radius 3 is 2.10 bits per heavy atom. The molecular formula is C23H21N5O2. The number of para-hydroxylation sites is 3. The third-order valence-electron chi connectivity index (χ3n) is 4.34. The lowest BCUT2D eigenvalue weighted by Crippen LogP contribution is -2.05. The van der Waals surface area contributed by atoms with E-state index in [1.54, 1.807) is 7.11 Å². The second-order valence-electron chi connectivity index (χ2n) is 6.37. The number of nitrogen functional groups attached to an aromatic ring is 1. The molecule has 3 aromatic carbocycles. The minimum atomic E-state index is 0.396. The van der Waals surface area contributed by atoms with Crippen molar-refractivity contribution in [1.82, 2.24) is 9.97 Å². The van der Waals surface area contributed by atoms with Gasteiger partial charge in [-0.15, -0.1) is 0 Å². The number of nitrogens with one attached hydrogen (secondary N) is 2. The van der Waals surface area contributed by atoms with E-state index >= 15 is 0 Å². The Balaban J connectivity index is 1.49. The van der Waals surface area contributed by atoms with Crippen molar-refractivity contribution in [3.63, 3.8) is 0 Å². The van der Waals surface area contributed by atoms with Crippen LogP contribution in [0, 0.1) is 0 Å². The van der Waals surface area contributed by atoms with E-state index in [4.69, 9.17) is 15.2 Å². The topological polar surface area (TPSA) is 94.3 Å². The van der Waals surface area contributed by atoms with Gasteiger partial charge in [-0.2, -0.15) is 0 Å². The minimum Gasteiger partial charge on any atom is -0.495 e. The van der Waals surface area contributed by atoms with Crippen LogP contribution in [0.15, 0.2) is 85.2 Å². The summed E-state index contributed by atoms with van der Waals surface area (Å²) in [4.78, 5) is 8.51. The highest BCUT2D eigenvalue weighted by Gasteiger charge is 2.11. The van der Waals surface area contributed by atoms with Crippen molar-refractivity contribution < 1.29 is 9.47 Å². The molecule has 0 fully saturated rings. The molecule has 0 aliphatic rings. The summed E-state index contributed by atoms with van der Waals surface area (Å²) in [5, 5.41) is 6.41. The molecule has 1 heterocycles. The normalized spacial score (nSPS) is 10.3. The first-order valence-electron chi connectivity index (χ1n) is 9.33. The molecule has 4 rings (SSSR count). The molecule has 0 radical (unpaired) electrons. The smallest absolute Gasteiger partial charge is 0.159 e. The van der Waals surface area contributed by atoms with Gasteiger partial charge in [0.15, 0.2) is 11.6 Å². The number of nitrogens with zero attached hydrogens (tertiary/aromatic N) is 2. The summed E-state index contributed by atoms with van der Waals surface area (Å²) in [7, 11) is 1.61. The second-order valence-corrected chi connectivity index (χ2v) is 6.37. The van der Waals surface area contributed by atoms with E-state index in [0.717, 1.165) is 22.9 Å². The van der Waals surface area contributed by atoms with Crippen LogP contribution in [0.1, 0.15) is 0 Å². The zero-order chi connectivity index (χ0) is 20.8. The Morgan fingerprint density at radius 1 is 0.733 bits per heavy atom. The third kappa shape index (κ3) is 4.41. The van der Waals surface area contributed by atoms with Gasteiger partial charge in [-0.1, -0.05) is 30.3 Å². The van der Waals surface area contributed by atoms with Crippen molar-refractivity contribution >= 4 is 28.7 Å². The van der Waals surface area contributed by atoms with Crippen LogP contribution >= 0.6 is 0 Å². The Hall–Kier alpha value is -4.26. The van der Waals surface area contributed by atoms with Gasteiger partial charge in [-0.25, -0.2) is 9.97 Å². The molecule has 0 atom stereocenters. The second kappa shape index (κ2) is 8.83. The first-order valence-corrected chi connectivity index (χ1v) is 9.33. The summed E-state index contributed by atoms with van der Waals surface area (Å²) in [6.45, 7) is 0. The maximum absolute atomic E-state index is 6.29. The van der Waals surface area contributed by atoms with Crippen LogP contribution in [-0.4, -0.2) is 17.1 Å². The summed E-state index contributed by atoms with van der Waals surface area (Å²) in [5.41, 5.74) is 8.27. The molecule has 0 saturated carbocycles. The molecule has 0 aliphatic carbocycles. The maximum atomic E-state index is 6.29. The molecule has 7 heteroatoms. The van der Waals surface area contributed by atoms with Crippen molar-refractivity contribution in [2.24, 2.45) is 0 Å². The molecule has 1 aromatic heterocycles. The molecular weight excluding hydrogens is 378 g/mol. The van der Waals surface area contributed by atoms with Crippen LogP contribution in [0.5, 0.6) is 17.2 Å². The van der Waals surface area contributed by atoms with E-state index in [9.17, 15) is 0 Å². The lowest BCUT2D eigenvalue weighted by Gasteiger charge is -2.14. The highest BCUT2D eigenvalue weighted by molar-refractivity contribution is 5.81. The quantitative estimate of drug-likeness (QED) is 0.386. The van der Waals surface area contributed by atoms with E-state index in [2.05, 4.69) is 20.6 Å². The molecule has 0 saturated heterocycles. The molecule has 4 N–H and O–H groups in total. The van der Waals surface area contributed by atoms with Crippen molar-refractivity contribution in [3.8, 4) is 17.2 Å². The summed E-state index contributed by atoms with van der Waals surface area (Å²) in [6.07, 6.45) is 1.45. The predicted octanol–water partition coefficient (Wildman–Crippen LogP) is 5.35. The summed E-state index contributed by atoms with van der Waals surface area (Å²) < 4.78 is 11.2. The van der Waals surface area contributed by atoms with Gasteiger partial charge in [0.2, 0.25) is 0 Å². The fourth-order valence-electron chi connectivity index (χ4n) is 2.84. The number of anilines is 5. The molecule has 4 aromatic rings. The van der Waals surface area contributed by atoms with Gasteiger partial charge < -0.3 is 25.8 Å². The first kappa shape index (κ1) is 19.1. The zero-order valence-electron chi connectivity index (χ0n) is 16.4. The number of methoxy groups -OCH3 is 1. The number of rotatable bonds is 7. The number of nitrogens with two attached hydrogens (primary N) is 1. The van der Waals surface area contributed by atoms with E-state index in [1.807, 2.05) is 78.9 Å². The molecule has 7 nitrogen and oxygen atoms in total. The van der Waals surface area contributed by atoms with E-state index < -0.39 is 0 Å². The highest BCUT2D eigenvalue weighted by atomic mass is 16.5. The largest absolute Gasteiger partial charge is 0.495 e. The lowest BCUT2D eigenvalue weighted by atomic mass is 10.2. The summed E-state index contributed by atoms with van der Waals surface area (Å²) in [5.74, 6) is 3.20. The van der Waals surface area contributed by atoms with Gasteiger partial charge in [0.05, 0.1) is 12.8 Å². The third-order valence-corrected chi connectivity index (χ3v) is 4.34. The van der Waals surface area contributed by atoms with Gasteiger partial charge in [0.1, 0.15) is 29.3 Å². The average Bonchev–Trinajstić information content (AvgIpc) is 2.79. The SMILES string of the molecule is COc1ccccc1Nc1ncnc(Nc2ccc(Oc3ccccc3)cc2)c1N. The Kier molecular flexibility index (Phi) is 5.61. The van der Waals surface area contributed by atoms with Crippen molar-refractivity contribution in [1.29, 1.82) is 0 Å². The van der Waals surface area contributed by atoms with Crippen LogP contribution in [0.2, 0.25) is 0 Å². The first-order chi connectivity index (χ1) is 14.7. The Labute approximate surface area is 174 Å². The average molecular weight is 399 g/mol. The Bertz CT molecular complexity index is 1120. The number of ether oxygens (including phenoxy) is 2. The van der Waals surface area contributed by atoms with Crippen LogP contribution in [0.4, 0.5) is 28.7 Å². The fraction of sp³-hybridized carbons (Fsp3) is 0.0435. The van der Waals surface area contributed by atoms with Crippen molar-refractivity contribution in [2.75, 3.05) is 23.5 Å². The van der Waals surface area contributed by atoms with Crippen LogP contribution in [-0.2, 0) is 0 Å². The highest BCUT2D eigenvalue weighted by Crippen LogP contribution is 2.32. The molecule has 30 heavy (non-hydrogen) atoms. The molecule has 0 unspecified atom stereocenters. The van der Waals surface area contributed by atoms with Crippen molar-refractivity contribution in [2.45, 2.75) is 0 Å².